The van der Waals surface area contributed by atoms with Gasteiger partial charge in [-0.2, -0.15) is 0 Å². The smallest absolute Gasteiger partial charge is 0.308 e. The molecule has 1 rings (SSSR count). The van der Waals surface area contributed by atoms with Crippen molar-refractivity contribution in [3.63, 3.8) is 0 Å². The van der Waals surface area contributed by atoms with E-state index in [0.717, 1.165) is 0 Å². The number of carboxylic acids is 1. The predicted octanol–water partition coefficient (Wildman–Crippen LogP) is 1.09. The van der Waals surface area contributed by atoms with E-state index >= 15 is 0 Å². The quantitative estimate of drug-likeness (QED) is 0.669. The minimum atomic E-state index is -0.918. The third kappa shape index (κ3) is 5.40. The van der Waals surface area contributed by atoms with E-state index in [0.29, 0.717) is 11.3 Å². The highest BCUT2D eigenvalue weighted by Gasteiger charge is 2.15. The van der Waals surface area contributed by atoms with Gasteiger partial charge in [-0.25, -0.2) is 0 Å². The molecule has 0 bridgehead atoms. The molecule has 2 amide bonds. The van der Waals surface area contributed by atoms with Gasteiger partial charge in [-0.15, -0.1) is 11.3 Å². The highest BCUT2D eigenvalue weighted by atomic mass is 32.1. The van der Waals surface area contributed by atoms with Gasteiger partial charge in [0.15, 0.2) is 0 Å². The molecule has 1 aromatic rings. The summed E-state index contributed by atoms with van der Waals surface area (Å²) in [4.78, 5) is 34.5. The molecule has 0 aromatic carbocycles. The minimum absolute atomic E-state index is 0.115. The molecule has 0 saturated carbocycles. The fraction of sp³-hybridized carbons (Fsp3) is 0.462. The monoisotopic (exact) mass is 298 g/mol. The van der Waals surface area contributed by atoms with Crippen LogP contribution in [0, 0.1) is 5.92 Å². The lowest BCUT2D eigenvalue weighted by atomic mass is 10.1. The van der Waals surface area contributed by atoms with Crippen molar-refractivity contribution in [2.24, 2.45) is 5.92 Å². The molecule has 6 nitrogen and oxygen atoms in total. The molecular weight excluding hydrogens is 280 g/mol. The summed E-state index contributed by atoms with van der Waals surface area (Å²) >= 11 is 1.33. The number of thiophene rings is 1. The van der Waals surface area contributed by atoms with Crippen LogP contribution < -0.4 is 10.6 Å². The molecule has 3 N–H and O–H groups in total. The summed E-state index contributed by atoms with van der Waals surface area (Å²) in [6.07, 6.45) is 0.595. The molecule has 110 valence electrons. The van der Waals surface area contributed by atoms with Gasteiger partial charge >= 0.3 is 5.97 Å². The molecular formula is C13H18N2O4S. The van der Waals surface area contributed by atoms with Crippen molar-refractivity contribution in [2.75, 3.05) is 13.1 Å². The molecule has 1 aromatic heterocycles. The zero-order valence-corrected chi connectivity index (χ0v) is 12.0. The Morgan fingerprint density at radius 2 is 2.10 bits per heavy atom. The summed E-state index contributed by atoms with van der Waals surface area (Å²) in [7, 11) is 0. The van der Waals surface area contributed by atoms with E-state index in [-0.39, 0.29) is 31.3 Å². The first-order chi connectivity index (χ1) is 9.54. The molecule has 0 aliphatic rings. The Balaban J connectivity index is 2.20. The molecule has 0 aliphatic heterocycles. The highest BCUT2D eigenvalue weighted by Crippen LogP contribution is 2.07. The number of carboxylic acid groups (broad SMARTS) is 1. The number of amides is 2. The molecule has 0 aliphatic carbocycles. The number of carbonyl (C=O) groups is 3. The van der Waals surface area contributed by atoms with Crippen molar-refractivity contribution < 1.29 is 19.5 Å². The van der Waals surface area contributed by atoms with E-state index in [1.54, 1.807) is 24.4 Å². The molecule has 1 unspecified atom stereocenters. The maximum absolute atomic E-state index is 11.6. The Kier molecular flexibility index (Phi) is 6.72. The van der Waals surface area contributed by atoms with Gasteiger partial charge in [-0.05, 0) is 17.9 Å². The van der Waals surface area contributed by atoms with E-state index in [4.69, 9.17) is 5.11 Å². The molecule has 0 spiro atoms. The number of hydrogen-bond acceptors (Lipinski definition) is 4. The fourth-order valence-corrected chi connectivity index (χ4v) is 2.16. The van der Waals surface area contributed by atoms with E-state index in [1.807, 2.05) is 0 Å². The molecule has 0 radical (unpaired) electrons. The third-order valence-corrected chi connectivity index (χ3v) is 3.64. The van der Waals surface area contributed by atoms with Crippen molar-refractivity contribution in [2.45, 2.75) is 19.8 Å². The number of carbonyl (C=O) groups excluding carboxylic acids is 2. The van der Waals surface area contributed by atoms with Crippen LogP contribution >= 0.6 is 11.3 Å². The van der Waals surface area contributed by atoms with Crippen LogP contribution in [0.5, 0.6) is 0 Å². The summed E-state index contributed by atoms with van der Waals surface area (Å²) in [5.41, 5.74) is 0. The topological polar surface area (TPSA) is 95.5 Å². The second-order valence-corrected chi connectivity index (χ2v) is 5.18. The lowest BCUT2D eigenvalue weighted by molar-refractivity contribution is -0.141. The van der Waals surface area contributed by atoms with Gasteiger partial charge < -0.3 is 15.7 Å². The van der Waals surface area contributed by atoms with Gasteiger partial charge in [0.2, 0.25) is 5.91 Å². The Labute approximate surface area is 121 Å². The van der Waals surface area contributed by atoms with Crippen LogP contribution in [-0.2, 0) is 9.59 Å². The first kappa shape index (κ1) is 16.2. The van der Waals surface area contributed by atoms with Crippen molar-refractivity contribution in [3.05, 3.63) is 22.4 Å². The molecule has 1 atom stereocenters. The van der Waals surface area contributed by atoms with E-state index < -0.39 is 11.9 Å². The third-order valence-electron chi connectivity index (χ3n) is 2.77. The minimum Gasteiger partial charge on any atom is -0.481 e. The average molecular weight is 298 g/mol. The highest BCUT2D eigenvalue weighted by molar-refractivity contribution is 7.12. The molecule has 20 heavy (non-hydrogen) atoms. The maximum Gasteiger partial charge on any atom is 0.308 e. The average Bonchev–Trinajstić information content (AvgIpc) is 2.92. The first-order valence-electron chi connectivity index (χ1n) is 6.35. The number of aliphatic carboxylic acids is 1. The normalized spacial score (nSPS) is 11.7. The van der Waals surface area contributed by atoms with Gasteiger partial charge in [-0.1, -0.05) is 13.0 Å². The van der Waals surface area contributed by atoms with Gasteiger partial charge in [0.1, 0.15) is 0 Å². The largest absolute Gasteiger partial charge is 0.481 e. The lowest BCUT2D eigenvalue weighted by Gasteiger charge is -2.11. The van der Waals surface area contributed by atoms with Crippen LogP contribution in [0.1, 0.15) is 29.4 Å². The Morgan fingerprint density at radius 1 is 1.35 bits per heavy atom. The van der Waals surface area contributed by atoms with Gasteiger partial charge in [0, 0.05) is 19.5 Å². The first-order valence-corrected chi connectivity index (χ1v) is 7.23. The predicted molar refractivity (Wildman–Crippen MR) is 75.7 cm³/mol. The summed E-state index contributed by atoms with van der Waals surface area (Å²) < 4.78 is 0. The summed E-state index contributed by atoms with van der Waals surface area (Å²) in [6.45, 7) is 2.10. The lowest BCUT2D eigenvalue weighted by Crippen LogP contribution is -2.35. The van der Waals surface area contributed by atoms with E-state index in [2.05, 4.69) is 10.6 Å². The maximum atomic E-state index is 11.6. The summed E-state index contributed by atoms with van der Waals surface area (Å²) in [6, 6.07) is 3.49. The van der Waals surface area contributed by atoms with Crippen molar-refractivity contribution in [1.29, 1.82) is 0 Å². The zero-order valence-electron chi connectivity index (χ0n) is 11.2. The molecule has 0 fully saturated rings. The number of rotatable bonds is 8. The van der Waals surface area contributed by atoms with Gasteiger partial charge in [-0.3, -0.25) is 14.4 Å². The molecule has 0 saturated heterocycles. The van der Waals surface area contributed by atoms with Crippen molar-refractivity contribution >= 4 is 29.1 Å². The van der Waals surface area contributed by atoms with Crippen LogP contribution in [0.25, 0.3) is 0 Å². The van der Waals surface area contributed by atoms with Crippen LogP contribution in [0.4, 0.5) is 0 Å². The SMILES string of the molecule is CCC(CNC(=O)CCNC(=O)c1cccs1)C(=O)O. The van der Waals surface area contributed by atoms with E-state index in [9.17, 15) is 14.4 Å². The number of nitrogens with one attached hydrogen (secondary N) is 2. The molecule has 1 heterocycles. The van der Waals surface area contributed by atoms with E-state index in [1.165, 1.54) is 11.3 Å². The standard InChI is InChI=1S/C13H18N2O4S/c1-2-9(13(18)19)8-15-11(16)5-6-14-12(17)10-4-3-7-20-10/h3-4,7,9H,2,5-6,8H2,1H3,(H,14,17)(H,15,16)(H,18,19). The molecule has 7 heteroatoms. The van der Waals surface area contributed by atoms with Crippen LogP contribution in [-0.4, -0.2) is 36.0 Å². The second-order valence-electron chi connectivity index (χ2n) is 4.23. The second kappa shape index (κ2) is 8.31. The summed E-state index contributed by atoms with van der Waals surface area (Å²) in [5, 5.41) is 15.8. The summed E-state index contributed by atoms with van der Waals surface area (Å²) in [5.74, 6) is -1.96. The Bertz CT molecular complexity index is 459. The van der Waals surface area contributed by atoms with Crippen LogP contribution in [0.3, 0.4) is 0 Å². The van der Waals surface area contributed by atoms with Crippen molar-refractivity contribution in [3.8, 4) is 0 Å². The van der Waals surface area contributed by atoms with Crippen LogP contribution in [0.15, 0.2) is 17.5 Å². The Morgan fingerprint density at radius 3 is 2.65 bits per heavy atom. The van der Waals surface area contributed by atoms with Gasteiger partial charge in [0.25, 0.3) is 5.91 Å². The number of hydrogen-bond donors (Lipinski definition) is 3. The van der Waals surface area contributed by atoms with Crippen molar-refractivity contribution in [1.82, 2.24) is 10.6 Å². The zero-order chi connectivity index (χ0) is 15.0. The fourth-order valence-electron chi connectivity index (χ4n) is 1.52. The van der Waals surface area contributed by atoms with Crippen LogP contribution in [0.2, 0.25) is 0 Å². The van der Waals surface area contributed by atoms with Gasteiger partial charge in [0.05, 0.1) is 10.8 Å². The Hall–Kier alpha value is -1.89.